The summed E-state index contributed by atoms with van der Waals surface area (Å²) in [6.45, 7) is 2.29. The maximum Gasteiger partial charge on any atom is 0.253 e. The average molecular weight is 713 g/mol. The van der Waals surface area contributed by atoms with E-state index in [1.807, 2.05) is 0 Å². The van der Waals surface area contributed by atoms with Crippen molar-refractivity contribution < 1.29 is 53.5 Å². The van der Waals surface area contributed by atoms with E-state index < -0.39 is 31.2 Å². The lowest BCUT2D eigenvalue weighted by molar-refractivity contribution is -0.256. The van der Waals surface area contributed by atoms with Gasteiger partial charge in [-0.1, -0.05) is 44.9 Å². The molecule has 0 aliphatic carbocycles. The van der Waals surface area contributed by atoms with Crippen LogP contribution < -0.4 is 16.0 Å². The first-order valence-electron chi connectivity index (χ1n) is 18.4. The van der Waals surface area contributed by atoms with Gasteiger partial charge in [0.05, 0.1) is 25.9 Å². The zero-order chi connectivity index (χ0) is 36.4. The summed E-state index contributed by atoms with van der Waals surface area (Å²) < 4.78 is 16.4. The molecule has 1 saturated heterocycles. The van der Waals surface area contributed by atoms with Crippen molar-refractivity contribution in [1.82, 2.24) is 20.9 Å². The summed E-state index contributed by atoms with van der Waals surface area (Å²) in [4.78, 5) is 60.3. The molecule has 0 spiro atoms. The van der Waals surface area contributed by atoms with Crippen LogP contribution >= 0.6 is 0 Å². The zero-order valence-corrected chi connectivity index (χ0v) is 29.5. The number of rotatable bonds is 29. The molecule has 5 amide bonds. The summed E-state index contributed by atoms with van der Waals surface area (Å²) in [7, 11) is 0. The third-order valence-electron chi connectivity index (χ3n) is 8.54. The Morgan fingerprint density at radius 3 is 1.86 bits per heavy atom. The van der Waals surface area contributed by atoms with Gasteiger partial charge in [0.25, 0.3) is 11.8 Å². The van der Waals surface area contributed by atoms with Gasteiger partial charge in [0.2, 0.25) is 17.7 Å². The molecule has 15 heteroatoms. The van der Waals surface area contributed by atoms with E-state index in [-0.39, 0.29) is 49.0 Å². The largest absolute Gasteiger partial charge is 0.394 e. The van der Waals surface area contributed by atoms with Gasteiger partial charge in [-0.25, -0.2) is 0 Å². The van der Waals surface area contributed by atoms with Gasteiger partial charge < -0.3 is 45.5 Å². The number of hydrogen-bond acceptors (Lipinski definition) is 11. The number of aliphatic hydroxyl groups is 3. The molecule has 4 atom stereocenters. The van der Waals surface area contributed by atoms with Crippen LogP contribution in [-0.2, 0) is 38.2 Å². The van der Waals surface area contributed by atoms with Gasteiger partial charge in [0, 0.05) is 70.6 Å². The van der Waals surface area contributed by atoms with Crippen LogP contribution in [-0.4, -0.2) is 127 Å². The van der Waals surface area contributed by atoms with Crippen molar-refractivity contribution in [3.63, 3.8) is 0 Å². The molecule has 286 valence electrons. The van der Waals surface area contributed by atoms with Crippen molar-refractivity contribution in [2.24, 2.45) is 0 Å². The fourth-order valence-electron chi connectivity index (χ4n) is 5.56. The molecule has 0 aromatic heterocycles. The number of aliphatic hydroxyl groups excluding tert-OH is 3. The van der Waals surface area contributed by atoms with Gasteiger partial charge in [-0.05, 0) is 32.1 Å². The number of ether oxygens (including phenoxy) is 3. The van der Waals surface area contributed by atoms with Gasteiger partial charge >= 0.3 is 0 Å². The fourth-order valence-corrected chi connectivity index (χ4v) is 5.56. The van der Waals surface area contributed by atoms with Crippen molar-refractivity contribution in [2.45, 2.75) is 127 Å². The molecule has 15 nitrogen and oxygen atoms in total. The van der Waals surface area contributed by atoms with Gasteiger partial charge in [-0.15, -0.1) is 0 Å². The van der Waals surface area contributed by atoms with E-state index in [0.29, 0.717) is 71.5 Å². The van der Waals surface area contributed by atoms with Crippen molar-refractivity contribution >= 4 is 29.5 Å². The first-order chi connectivity index (χ1) is 24.2. The minimum absolute atomic E-state index is 0.00343. The number of carbonyl (C=O) groups is 5. The van der Waals surface area contributed by atoms with Gasteiger partial charge in [0.1, 0.15) is 12.2 Å². The lowest BCUT2D eigenvalue weighted by Crippen LogP contribution is -2.50. The molecular weight excluding hydrogens is 652 g/mol. The summed E-state index contributed by atoms with van der Waals surface area (Å²) in [5, 5.41) is 37.2. The number of amides is 5. The Balaban J connectivity index is 1.28. The highest BCUT2D eigenvalue weighted by Gasteiger charge is 2.36. The molecule has 6 N–H and O–H groups in total. The number of carbonyl (C=O) groups excluding carboxylic acids is 5. The van der Waals surface area contributed by atoms with Crippen molar-refractivity contribution in [2.75, 3.05) is 52.6 Å². The second-order valence-electron chi connectivity index (χ2n) is 12.8. The minimum atomic E-state index is -1.14. The molecule has 2 aliphatic heterocycles. The Kier molecular flexibility index (Phi) is 23.2. The number of nitrogens with one attached hydrogen (secondary N) is 3. The fraction of sp³-hybridized carbons (Fsp3) is 0.800. The Morgan fingerprint density at radius 1 is 0.700 bits per heavy atom. The molecule has 2 aliphatic rings. The molecule has 0 saturated carbocycles. The molecule has 0 aromatic rings. The first-order valence-corrected chi connectivity index (χ1v) is 18.4. The Morgan fingerprint density at radius 2 is 1.24 bits per heavy atom. The number of hydrogen-bond donors (Lipinski definition) is 6. The second-order valence-corrected chi connectivity index (χ2v) is 12.8. The van der Waals surface area contributed by atoms with E-state index in [1.165, 1.54) is 17.1 Å². The SMILES string of the molecule is O=C(CCCCO[C@H]1C[C@@H](O)[C@@H](O)[C@@H](CO)O1)NCCCNC(=O)CCOCCNC(=O)CCCCCCCCCCCN1C(=O)C=CC1=O. The van der Waals surface area contributed by atoms with E-state index in [2.05, 4.69) is 16.0 Å². The summed E-state index contributed by atoms with van der Waals surface area (Å²) in [6.07, 6.45) is 11.2. The average Bonchev–Trinajstić information content (AvgIpc) is 3.42. The predicted octanol–water partition coefficient (Wildman–Crippen LogP) is 0.974. The van der Waals surface area contributed by atoms with Gasteiger partial charge in [0.15, 0.2) is 6.29 Å². The molecule has 50 heavy (non-hydrogen) atoms. The number of imide groups is 1. The molecule has 0 radical (unpaired) electrons. The molecule has 0 aromatic carbocycles. The lowest BCUT2D eigenvalue weighted by Gasteiger charge is -2.36. The zero-order valence-electron chi connectivity index (χ0n) is 29.5. The van der Waals surface area contributed by atoms with E-state index >= 15 is 0 Å². The highest BCUT2D eigenvalue weighted by molar-refractivity contribution is 6.12. The maximum atomic E-state index is 12.0. The van der Waals surface area contributed by atoms with E-state index in [4.69, 9.17) is 14.2 Å². The maximum absolute atomic E-state index is 12.0. The Hall–Kier alpha value is -2.95. The van der Waals surface area contributed by atoms with Crippen LogP contribution in [0.25, 0.3) is 0 Å². The van der Waals surface area contributed by atoms with Gasteiger partial charge in [-0.3, -0.25) is 28.9 Å². The monoisotopic (exact) mass is 712 g/mol. The smallest absolute Gasteiger partial charge is 0.253 e. The quantitative estimate of drug-likeness (QED) is 0.0475. The molecular formula is C35H60N4O11. The summed E-state index contributed by atoms with van der Waals surface area (Å²) in [5.41, 5.74) is 0. The molecule has 2 heterocycles. The third-order valence-corrected chi connectivity index (χ3v) is 8.54. The Bertz CT molecular complexity index is 1030. The van der Waals surface area contributed by atoms with E-state index in [0.717, 1.165) is 57.8 Å². The van der Waals surface area contributed by atoms with Crippen LogP contribution in [0.15, 0.2) is 12.2 Å². The number of nitrogens with zero attached hydrogens (tertiary/aromatic N) is 1. The highest BCUT2D eigenvalue weighted by Crippen LogP contribution is 2.21. The third kappa shape index (κ3) is 19.4. The lowest BCUT2D eigenvalue weighted by atomic mass is 10.0. The van der Waals surface area contributed by atoms with Crippen LogP contribution in [0.4, 0.5) is 0 Å². The van der Waals surface area contributed by atoms with Crippen LogP contribution in [0.5, 0.6) is 0 Å². The first kappa shape index (κ1) is 43.2. The topological polar surface area (TPSA) is 213 Å². The van der Waals surface area contributed by atoms with E-state index in [9.17, 15) is 39.3 Å². The van der Waals surface area contributed by atoms with Gasteiger partial charge in [-0.2, -0.15) is 0 Å². The highest BCUT2D eigenvalue weighted by atomic mass is 16.7. The van der Waals surface area contributed by atoms with Crippen LogP contribution in [0.3, 0.4) is 0 Å². The van der Waals surface area contributed by atoms with Crippen molar-refractivity contribution in [3.8, 4) is 0 Å². The molecule has 1 fully saturated rings. The molecule has 0 bridgehead atoms. The van der Waals surface area contributed by atoms with Crippen molar-refractivity contribution in [3.05, 3.63) is 12.2 Å². The summed E-state index contributed by atoms with van der Waals surface area (Å²) in [5.74, 6) is -0.649. The summed E-state index contributed by atoms with van der Waals surface area (Å²) in [6, 6.07) is 0. The summed E-state index contributed by atoms with van der Waals surface area (Å²) >= 11 is 0. The van der Waals surface area contributed by atoms with E-state index in [1.54, 1.807) is 0 Å². The number of unbranched alkanes of at least 4 members (excludes halogenated alkanes) is 9. The normalized spacial score (nSPS) is 20.3. The molecule has 2 rings (SSSR count). The van der Waals surface area contributed by atoms with Crippen molar-refractivity contribution in [1.29, 1.82) is 0 Å². The predicted molar refractivity (Wildman–Crippen MR) is 183 cm³/mol. The standard InChI is InChI=1S/C35H60N4O11/c40-26-28-35(47)27(41)25-34(50-28)49-22-11-9-14-29(42)36-18-12-19-37-31(44)17-23-48-24-20-38-30(43)13-8-6-4-2-1-3-5-7-10-21-39-32(45)15-16-33(39)46/h15-16,27-28,34-35,40-41,47H,1-14,17-26H2,(H,36,42)(H,37,44)(H,38,43)/t27-,28-,34-,35-/m1/s1. The second kappa shape index (κ2) is 26.8. The molecule has 0 unspecified atom stereocenters. The Labute approximate surface area is 295 Å². The van der Waals surface area contributed by atoms with Crippen LogP contribution in [0.1, 0.15) is 103 Å². The van der Waals surface area contributed by atoms with Crippen LogP contribution in [0.2, 0.25) is 0 Å². The minimum Gasteiger partial charge on any atom is -0.394 e. The van der Waals surface area contributed by atoms with Crippen LogP contribution in [0, 0.1) is 0 Å².